The lowest BCUT2D eigenvalue weighted by atomic mass is 10.1. The van der Waals surface area contributed by atoms with Crippen LogP contribution in [0.2, 0.25) is 0 Å². The number of nitrogens with one attached hydrogen (secondary N) is 1. The fourth-order valence-electron chi connectivity index (χ4n) is 3.61. The summed E-state index contributed by atoms with van der Waals surface area (Å²) in [6.45, 7) is 7.36. The number of carboxylic acids is 1. The number of aryl methyl sites for hydroxylation is 2. The summed E-state index contributed by atoms with van der Waals surface area (Å²) in [4.78, 5) is 33.1. The van der Waals surface area contributed by atoms with Crippen molar-refractivity contribution in [2.24, 2.45) is 5.73 Å². The number of carbonyl (C=O) groups excluding carboxylic acids is 2. The molecule has 4 aromatic rings. The van der Waals surface area contributed by atoms with Crippen molar-refractivity contribution < 1.29 is 33.0 Å². The lowest BCUT2D eigenvalue weighted by Gasteiger charge is -2.19. The fraction of sp³-hybridized carbons (Fsp3) is 0.206. The molecule has 9 heteroatoms. The number of nitrogens with two attached hydrogens (primary N) is 1. The van der Waals surface area contributed by atoms with Gasteiger partial charge in [0.25, 0.3) is 5.91 Å². The van der Waals surface area contributed by atoms with Crippen LogP contribution in [-0.2, 0) is 16.0 Å². The average Bonchev–Trinajstić information content (AvgIpc) is 3.43. The predicted molar refractivity (Wildman–Crippen MR) is 162 cm³/mol. The van der Waals surface area contributed by atoms with E-state index in [0.717, 1.165) is 5.56 Å². The van der Waals surface area contributed by atoms with E-state index in [1.54, 1.807) is 63.2 Å². The van der Waals surface area contributed by atoms with Gasteiger partial charge in [-0.25, -0.2) is 9.18 Å². The van der Waals surface area contributed by atoms with Gasteiger partial charge in [0.05, 0.1) is 5.56 Å². The molecule has 0 unspecified atom stereocenters. The number of rotatable bonds is 6. The Labute approximate surface area is 249 Å². The number of ether oxygens (including phenoxy) is 1. The van der Waals surface area contributed by atoms with E-state index in [0.29, 0.717) is 22.6 Å². The van der Waals surface area contributed by atoms with E-state index in [9.17, 15) is 18.8 Å². The van der Waals surface area contributed by atoms with E-state index >= 15 is 0 Å². The zero-order valence-corrected chi connectivity index (χ0v) is 24.4. The standard InChI is InChI=1S/C22H22FNO4.C12H11NO2/c1-22(2,3)28-21(27)24-18-11-6-15(7-12-18)4-9-17-10-5-16(14-19(17)23)8-13-20(25)26;1-8-2-4-9(5-3-8)10-6-7-11(15-10)12(13)14/h5-7,10-12,14H,8,13H2,1-3H3,(H,24,27)(H,25,26);2-7H,1H3,(H2,13,14). The SMILES string of the molecule is CC(C)(C)OC(=O)Nc1ccc(C#Cc2ccc(CCC(=O)O)cc2F)cc1.Cc1ccc(-c2ccc(C(N)=O)o2)cc1. The Balaban J connectivity index is 0.000000282. The van der Waals surface area contributed by atoms with Gasteiger partial charge in [0.2, 0.25) is 0 Å². The van der Waals surface area contributed by atoms with Crippen molar-refractivity contribution in [3.05, 3.63) is 113 Å². The van der Waals surface area contributed by atoms with Crippen LogP contribution in [0.4, 0.5) is 14.9 Å². The number of amides is 2. The second-order valence-electron chi connectivity index (χ2n) is 10.6. The summed E-state index contributed by atoms with van der Waals surface area (Å²) in [6, 6.07) is 22.5. The van der Waals surface area contributed by atoms with Gasteiger partial charge in [-0.15, -0.1) is 0 Å². The molecule has 0 spiro atoms. The van der Waals surface area contributed by atoms with E-state index < -0.39 is 29.4 Å². The van der Waals surface area contributed by atoms with Gasteiger partial charge in [-0.3, -0.25) is 14.9 Å². The molecule has 0 aliphatic carbocycles. The highest BCUT2D eigenvalue weighted by molar-refractivity contribution is 5.90. The Morgan fingerprint density at radius 1 is 0.953 bits per heavy atom. The highest BCUT2D eigenvalue weighted by Gasteiger charge is 2.16. The molecule has 0 radical (unpaired) electrons. The molecule has 0 fully saturated rings. The van der Waals surface area contributed by atoms with E-state index in [1.807, 2.05) is 31.2 Å². The van der Waals surface area contributed by atoms with Crippen LogP contribution in [0, 0.1) is 24.6 Å². The fourth-order valence-corrected chi connectivity index (χ4v) is 3.61. The molecule has 0 atom stereocenters. The number of hydrogen-bond acceptors (Lipinski definition) is 5. The second-order valence-corrected chi connectivity index (χ2v) is 10.6. The molecule has 4 rings (SSSR count). The largest absolute Gasteiger partial charge is 0.481 e. The zero-order valence-electron chi connectivity index (χ0n) is 24.4. The van der Waals surface area contributed by atoms with Crippen LogP contribution in [0.15, 0.2) is 83.3 Å². The summed E-state index contributed by atoms with van der Waals surface area (Å²) in [5, 5.41) is 11.3. The Bertz CT molecular complexity index is 1640. The lowest BCUT2D eigenvalue weighted by molar-refractivity contribution is -0.136. The van der Waals surface area contributed by atoms with E-state index in [-0.39, 0.29) is 24.2 Å². The van der Waals surface area contributed by atoms with Crippen molar-refractivity contribution in [1.29, 1.82) is 0 Å². The van der Waals surface area contributed by atoms with Gasteiger partial charge in [-0.2, -0.15) is 0 Å². The van der Waals surface area contributed by atoms with Gasteiger partial charge in [0.1, 0.15) is 17.2 Å². The topological polar surface area (TPSA) is 132 Å². The molecule has 8 nitrogen and oxygen atoms in total. The molecular formula is C34H33FN2O6. The minimum Gasteiger partial charge on any atom is -0.481 e. The van der Waals surface area contributed by atoms with Gasteiger partial charge in [-0.1, -0.05) is 47.7 Å². The summed E-state index contributed by atoms with van der Waals surface area (Å²) in [5.74, 6) is 4.51. The van der Waals surface area contributed by atoms with E-state index in [1.165, 1.54) is 17.7 Å². The van der Waals surface area contributed by atoms with Crippen LogP contribution in [0.5, 0.6) is 0 Å². The molecule has 2 amide bonds. The van der Waals surface area contributed by atoms with Crippen molar-refractivity contribution in [1.82, 2.24) is 0 Å². The number of primary amides is 1. The van der Waals surface area contributed by atoms with Crippen LogP contribution in [0.3, 0.4) is 0 Å². The predicted octanol–water partition coefficient (Wildman–Crippen LogP) is 6.94. The first-order chi connectivity index (χ1) is 20.3. The molecule has 4 N–H and O–H groups in total. The maximum atomic E-state index is 14.1. The first-order valence-electron chi connectivity index (χ1n) is 13.4. The van der Waals surface area contributed by atoms with Gasteiger partial charge >= 0.3 is 12.1 Å². The molecule has 1 aromatic heterocycles. The quantitative estimate of drug-likeness (QED) is 0.210. The number of carbonyl (C=O) groups is 3. The van der Waals surface area contributed by atoms with Crippen molar-refractivity contribution in [2.75, 3.05) is 5.32 Å². The van der Waals surface area contributed by atoms with Crippen LogP contribution in [0.25, 0.3) is 11.3 Å². The summed E-state index contributed by atoms with van der Waals surface area (Å²) in [6.07, 6.45) is -0.323. The van der Waals surface area contributed by atoms with Crippen molar-refractivity contribution >= 4 is 23.7 Å². The van der Waals surface area contributed by atoms with Gasteiger partial charge in [0, 0.05) is 23.2 Å². The van der Waals surface area contributed by atoms with Gasteiger partial charge < -0.3 is 20.0 Å². The molecule has 1 heterocycles. The molecule has 0 saturated carbocycles. The number of aliphatic carboxylic acids is 1. The summed E-state index contributed by atoms with van der Waals surface area (Å²) in [5.41, 5.74) is 8.70. The third-order valence-corrected chi connectivity index (χ3v) is 5.72. The molecular weight excluding hydrogens is 551 g/mol. The summed E-state index contributed by atoms with van der Waals surface area (Å²) < 4.78 is 24.6. The van der Waals surface area contributed by atoms with Crippen molar-refractivity contribution in [3.8, 4) is 23.2 Å². The molecule has 0 saturated heterocycles. The molecule has 222 valence electrons. The first kappa shape index (κ1) is 32.2. The molecule has 3 aromatic carbocycles. The summed E-state index contributed by atoms with van der Waals surface area (Å²) in [7, 11) is 0. The van der Waals surface area contributed by atoms with Crippen LogP contribution >= 0.6 is 0 Å². The molecule has 0 aliphatic rings. The van der Waals surface area contributed by atoms with Crippen LogP contribution in [-0.4, -0.2) is 28.7 Å². The highest BCUT2D eigenvalue weighted by Crippen LogP contribution is 2.22. The minimum atomic E-state index is -0.922. The van der Waals surface area contributed by atoms with Gasteiger partial charge in [-0.05, 0) is 88.2 Å². The molecule has 0 bridgehead atoms. The monoisotopic (exact) mass is 584 g/mol. The van der Waals surface area contributed by atoms with E-state index in [2.05, 4.69) is 17.2 Å². The maximum Gasteiger partial charge on any atom is 0.412 e. The first-order valence-corrected chi connectivity index (χ1v) is 13.4. The number of hydrogen-bond donors (Lipinski definition) is 3. The number of benzene rings is 3. The lowest BCUT2D eigenvalue weighted by Crippen LogP contribution is -2.27. The zero-order chi connectivity index (χ0) is 31.6. The van der Waals surface area contributed by atoms with Crippen molar-refractivity contribution in [2.45, 2.75) is 46.1 Å². The second kappa shape index (κ2) is 14.5. The van der Waals surface area contributed by atoms with Crippen LogP contribution in [0.1, 0.15) is 60.0 Å². The Morgan fingerprint density at radius 2 is 1.63 bits per heavy atom. The highest BCUT2D eigenvalue weighted by atomic mass is 19.1. The third-order valence-electron chi connectivity index (χ3n) is 5.72. The van der Waals surface area contributed by atoms with E-state index in [4.69, 9.17) is 20.0 Å². The smallest absolute Gasteiger partial charge is 0.412 e. The van der Waals surface area contributed by atoms with Crippen LogP contribution < -0.4 is 11.1 Å². The Morgan fingerprint density at radius 3 is 2.19 bits per heavy atom. The number of carboxylic acid groups (broad SMARTS) is 1. The van der Waals surface area contributed by atoms with Gasteiger partial charge in [0.15, 0.2) is 5.76 Å². The molecule has 0 aliphatic heterocycles. The number of halogens is 1. The summed E-state index contributed by atoms with van der Waals surface area (Å²) >= 11 is 0. The maximum absolute atomic E-state index is 14.1. The minimum absolute atomic E-state index is 0.0475. The Kier molecular flexibility index (Phi) is 10.8. The average molecular weight is 585 g/mol. The van der Waals surface area contributed by atoms with Crippen molar-refractivity contribution in [3.63, 3.8) is 0 Å². The third kappa shape index (κ3) is 10.9. The Hall–Kier alpha value is -5.36. The number of anilines is 1. The normalized spacial score (nSPS) is 10.4. The molecule has 43 heavy (non-hydrogen) atoms. The number of furan rings is 1.